The summed E-state index contributed by atoms with van der Waals surface area (Å²) in [6.07, 6.45) is -1.35. The normalized spacial score (nSPS) is 11.4. The fourth-order valence-corrected chi connectivity index (χ4v) is 1.50. The van der Waals surface area contributed by atoms with Crippen LogP contribution in [0, 0.1) is 0 Å². The van der Waals surface area contributed by atoms with Gasteiger partial charge >= 0.3 is 6.18 Å². The highest BCUT2D eigenvalue weighted by Crippen LogP contribution is 2.20. The van der Waals surface area contributed by atoms with Gasteiger partial charge in [0.25, 0.3) is 0 Å². The van der Waals surface area contributed by atoms with Crippen LogP contribution in [0.3, 0.4) is 0 Å². The van der Waals surface area contributed by atoms with Crippen LogP contribution in [0.5, 0.6) is 5.88 Å². The number of ether oxygens (including phenoxy) is 1. The molecule has 0 unspecified atom stereocenters. The van der Waals surface area contributed by atoms with Crippen LogP contribution in [-0.4, -0.2) is 36.8 Å². The molecule has 1 rings (SSSR count). The quantitative estimate of drug-likeness (QED) is 0.294. The zero-order valence-corrected chi connectivity index (χ0v) is 15.0. The number of aromatic nitrogens is 1. The molecule has 0 aliphatic heterocycles. The SMILES string of the molecule is C=CCNC(=NCc1cccnc1OCC(F)(F)F)NCC.I. The van der Waals surface area contributed by atoms with E-state index in [0.29, 0.717) is 24.6 Å². The summed E-state index contributed by atoms with van der Waals surface area (Å²) >= 11 is 0. The number of alkyl halides is 3. The first-order chi connectivity index (χ1) is 10.5. The van der Waals surface area contributed by atoms with Crippen LogP contribution in [0.1, 0.15) is 12.5 Å². The highest BCUT2D eigenvalue weighted by molar-refractivity contribution is 14.0. The smallest absolute Gasteiger partial charge is 0.422 e. The fraction of sp³-hybridized carbons (Fsp3) is 0.429. The van der Waals surface area contributed by atoms with Gasteiger partial charge in [-0.2, -0.15) is 13.2 Å². The van der Waals surface area contributed by atoms with E-state index in [1.54, 1.807) is 18.2 Å². The highest BCUT2D eigenvalue weighted by Gasteiger charge is 2.29. The van der Waals surface area contributed by atoms with Gasteiger partial charge in [-0.1, -0.05) is 12.1 Å². The Balaban J connectivity index is 0.00000484. The molecule has 1 aromatic heterocycles. The molecule has 0 aliphatic rings. The van der Waals surface area contributed by atoms with Crippen LogP contribution in [-0.2, 0) is 6.54 Å². The zero-order valence-electron chi connectivity index (χ0n) is 12.7. The number of guanidine groups is 1. The molecule has 0 saturated heterocycles. The molecule has 9 heteroatoms. The Morgan fingerprint density at radius 1 is 1.43 bits per heavy atom. The van der Waals surface area contributed by atoms with Crippen molar-refractivity contribution in [2.45, 2.75) is 19.6 Å². The molecule has 0 fully saturated rings. The lowest BCUT2D eigenvalue weighted by Gasteiger charge is -2.12. The third-order valence-corrected chi connectivity index (χ3v) is 2.39. The topological polar surface area (TPSA) is 58.5 Å². The molecule has 0 aromatic carbocycles. The Hall–Kier alpha value is -1.52. The summed E-state index contributed by atoms with van der Waals surface area (Å²) in [4.78, 5) is 8.09. The molecule has 5 nitrogen and oxygen atoms in total. The second-order valence-corrected chi connectivity index (χ2v) is 4.24. The summed E-state index contributed by atoms with van der Waals surface area (Å²) in [6.45, 7) is 5.45. The molecule has 0 radical (unpaired) electrons. The first-order valence-corrected chi connectivity index (χ1v) is 6.72. The number of hydrogen-bond donors (Lipinski definition) is 2. The number of rotatable bonds is 7. The van der Waals surface area contributed by atoms with E-state index >= 15 is 0 Å². The van der Waals surface area contributed by atoms with Crippen molar-refractivity contribution >= 4 is 29.9 Å². The van der Waals surface area contributed by atoms with E-state index in [2.05, 4.69) is 27.2 Å². The fourth-order valence-electron chi connectivity index (χ4n) is 1.50. The van der Waals surface area contributed by atoms with Gasteiger partial charge in [-0.3, -0.25) is 0 Å². The number of nitrogens with zero attached hydrogens (tertiary/aromatic N) is 2. The summed E-state index contributed by atoms with van der Waals surface area (Å²) in [5.41, 5.74) is 0.475. The Kier molecular flexibility index (Phi) is 10.4. The zero-order chi connectivity index (χ0) is 16.4. The van der Waals surface area contributed by atoms with Crippen molar-refractivity contribution in [1.29, 1.82) is 0 Å². The van der Waals surface area contributed by atoms with E-state index in [1.807, 2.05) is 6.92 Å². The van der Waals surface area contributed by atoms with Gasteiger partial charge in [-0.05, 0) is 13.0 Å². The van der Waals surface area contributed by atoms with E-state index < -0.39 is 12.8 Å². The monoisotopic (exact) mass is 444 g/mol. The van der Waals surface area contributed by atoms with Crippen LogP contribution in [0.4, 0.5) is 13.2 Å². The summed E-state index contributed by atoms with van der Waals surface area (Å²) in [6, 6.07) is 3.24. The van der Waals surface area contributed by atoms with Crippen LogP contribution < -0.4 is 15.4 Å². The summed E-state index contributed by atoms with van der Waals surface area (Å²) < 4.78 is 41.4. The average molecular weight is 444 g/mol. The molecule has 23 heavy (non-hydrogen) atoms. The van der Waals surface area contributed by atoms with Gasteiger partial charge in [0.05, 0.1) is 6.54 Å². The molecule has 0 spiro atoms. The van der Waals surface area contributed by atoms with Crippen molar-refractivity contribution in [2.24, 2.45) is 4.99 Å². The molecular formula is C14H20F3IN4O. The predicted octanol–water partition coefficient (Wildman–Crippen LogP) is 2.88. The maximum Gasteiger partial charge on any atom is 0.422 e. The minimum atomic E-state index is -4.40. The molecule has 0 amide bonds. The Morgan fingerprint density at radius 3 is 2.78 bits per heavy atom. The maximum absolute atomic E-state index is 12.2. The van der Waals surface area contributed by atoms with Gasteiger partial charge in [-0.25, -0.2) is 9.98 Å². The van der Waals surface area contributed by atoms with Gasteiger partial charge in [0.15, 0.2) is 12.6 Å². The van der Waals surface area contributed by atoms with E-state index in [-0.39, 0.29) is 36.4 Å². The van der Waals surface area contributed by atoms with Gasteiger partial charge in [0.2, 0.25) is 5.88 Å². The largest absolute Gasteiger partial charge is 0.468 e. The number of halogens is 4. The summed E-state index contributed by atoms with van der Waals surface area (Å²) in [5.74, 6) is 0.469. The van der Waals surface area contributed by atoms with Crippen molar-refractivity contribution in [1.82, 2.24) is 15.6 Å². The molecule has 0 bridgehead atoms. The summed E-state index contributed by atoms with van der Waals surface area (Å²) in [7, 11) is 0. The van der Waals surface area contributed by atoms with Crippen molar-refractivity contribution < 1.29 is 17.9 Å². The third-order valence-electron chi connectivity index (χ3n) is 2.39. The highest BCUT2D eigenvalue weighted by atomic mass is 127. The maximum atomic E-state index is 12.2. The van der Waals surface area contributed by atoms with Crippen LogP contribution >= 0.6 is 24.0 Å². The minimum Gasteiger partial charge on any atom is -0.468 e. The van der Waals surface area contributed by atoms with Gasteiger partial charge in [-0.15, -0.1) is 30.6 Å². The number of hydrogen-bond acceptors (Lipinski definition) is 3. The van der Waals surface area contributed by atoms with E-state index in [0.717, 1.165) is 0 Å². The van der Waals surface area contributed by atoms with Gasteiger partial charge in [0, 0.05) is 24.8 Å². The Bertz CT molecular complexity index is 509. The lowest BCUT2D eigenvalue weighted by molar-refractivity contribution is -0.154. The minimum absolute atomic E-state index is 0. The van der Waals surface area contributed by atoms with E-state index in [4.69, 9.17) is 4.74 Å². The average Bonchev–Trinajstić information content (AvgIpc) is 2.48. The molecule has 2 N–H and O–H groups in total. The second-order valence-electron chi connectivity index (χ2n) is 4.24. The lowest BCUT2D eigenvalue weighted by Crippen LogP contribution is -2.37. The van der Waals surface area contributed by atoms with Crippen molar-refractivity contribution in [3.8, 4) is 5.88 Å². The van der Waals surface area contributed by atoms with Gasteiger partial charge < -0.3 is 15.4 Å². The Labute approximate surface area is 150 Å². The molecule has 130 valence electrons. The van der Waals surface area contributed by atoms with Crippen LogP contribution in [0.15, 0.2) is 36.0 Å². The third kappa shape index (κ3) is 9.26. The van der Waals surface area contributed by atoms with Crippen LogP contribution in [0.2, 0.25) is 0 Å². The van der Waals surface area contributed by atoms with Crippen LogP contribution in [0.25, 0.3) is 0 Å². The predicted molar refractivity (Wildman–Crippen MR) is 94.2 cm³/mol. The number of pyridine rings is 1. The lowest BCUT2D eigenvalue weighted by atomic mass is 10.3. The van der Waals surface area contributed by atoms with Crippen molar-refractivity contribution in [3.05, 3.63) is 36.5 Å². The first kappa shape index (κ1) is 21.5. The van der Waals surface area contributed by atoms with E-state index in [1.165, 1.54) is 6.20 Å². The standard InChI is InChI=1S/C14H19F3N4O.HI/c1-3-7-20-13(18-4-2)21-9-11-6-5-8-19-12(11)22-10-14(15,16)17;/h3,5-6,8H,1,4,7,9-10H2,2H3,(H2,18,20,21);1H. The summed E-state index contributed by atoms with van der Waals surface area (Å²) in [5, 5.41) is 6.01. The molecular weight excluding hydrogens is 424 g/mol. The molecule has 0 atom stereocenters. The van der Waals surface area contributed by atoms with Crippen molar-refractivity contribution in [2.75, 3.05) is 19.7 Å². The molecule has 1 heterocycles. The first-order valence-electron chi connectivity index (χ1n) is 6.72. The molecule has 0 saturated carbocycles. The number of nitrogens with one attached hydrogen (secondary N) is 2. The van der Waals surface area contributed by atoms with Gasteiger partial charge in [0.1, 0.15) is 0 Å². The van der Waals surface area contributed by atoms with E-state index in [9.17, 15) is 13.2 Å². The van der Waals surface area contributed by atoms with Crippen molar-refractivity contribution in [3.63, 3.8) is 0 Å². The molecule has 1 aromatic rings. The molecule has 0 aliphatic carbocycles. The second kappa shape index (κ2) is 11.1. The number of aliphatic imine (C=N–C) groups is 1. The Morgan fingerprint density at radius 2 is 2.17 bits per heavy atom.